The van der Waals surface area contributed by atoms with Gasteiger partial charge in [-0.15, -0.1) is 0 Å². The SMILES string of the molecule is O=S1(=O)CCC(F)(F)c2ccccc21. The van der Waals surface area contributed by atoms with E-state index in [1.54, 1.807) is 0 Å². The van der Waals surface area contributed by atoms with E-state index in [9.17, 15) is 17.2 Å². The number of hydrogen-bond donors (Lipinski definition) is 0. The minimum atomic E-state index is -3.49. The van der Waals surface area contributed by atoms with Crippen LogP contribution in [0.2, 0.25) is 0 Å². The van der Waals surface area contributed by atoms with Crippen LogP contribution in [-0.4, -0.2) is 14.2 Å². The van der Waals surface area contributed by atoms with Gasteiger partial charge in [0.15, 0.2) is 9.84 Å². The van der Waals surface area contributed by atoms with Crippen molar-refractivity contribution in [2.75, 3.05) is 5.75 Å². The fourth-order valence-corrected chi connectivity index (χ4v) is 3.13. The molecular formula is C9H8F2O2S. The van der Waals surface area contributed by atoms with Crippen molar-refractivity contribution in [2.45, 2.75) is 17.2 Å². The predicted octanol–water partition coefficient (Wildman–Crippen LogP) is 1.96. The van der Waals surface area contributed by atoms with Crippen LogP contribution in [0.4, 0.5) is 8.78 Å². The predicted molar refractivity (Wildman–Crippen MR) is 47.0 cm³/mol. The summed E-state index contributed by atoms with van der Waals surface area (Å²) in [6, 6.07) is 5.29. The molecule has 0 fully saturated rings. The number of hydrogen-bond acceptors (Lipinski definition) is 2. The molecule has 0 N–H and O–H groups in total. The van der Waals surface area contributed by atoms with Crippen molar-refractivity contribution in [1.29, 1.82) is 0 Å². The molecule has 1 aromatic rings. The molecule has 0 saturated heterocycles. The molecule has 14 heavy (non-hydrogen) atoms. The minimum Gasteiger partial charge on any atom is -0.224 e. The van der Waals surface area contributed by atoms with Crippen LogP contribution >= 0.6 is 0 Å². The zero-order valence-electron chi connectivity index (χ0n) is 7.20. The van der Waals surface area contributed by atoms with Gasteiger partial charge in [-0.05, 0) is 6.07 Å². The molecule has 1 aliphatic heterocycles. The van der Waals surface area contributed by atoms with E-state index >= 15 is 0 Å². The van der Waals surface area contributed by atoms with E-state index in [1.807, 2.05) is 0 Å². The first-order valence-corrected chi connectivity index (χ1v) is 5.79. The van der Waals surface area contributed by atoms with Crippen molar-refractivity contribution in [3.05, 3.63) is 29.8 Å². The Labute approximate surface area is 80.5 Å². The fraction of sp³-hybridized carbons (Fsp3) is 0.333. The summed E-state index contributed by atoms with van der Waals surface area (Å²) in [5, 5.41) is 0. The highest BCUT2D eigenvalue weighted by atomic mass is 32.2. The molecule has 0 bridgehead atoms. The third-order valence-electron chi connectivity index (χ3n) is 2.30. The van der Waals surface area contributed by atoms with Crippen LogP contribution in [0.3, 0.4) is 0 Å². The largest absolute Gasteiger partial charge is 0.275 e. The van der Waals surface area contributed by atoms with Gasteiger partial charge >= 0.3 is 0 Å². The maximum Gasteiger partial charge on any atom is 0.275 e. The van der Waals surface area contributed by atoms with Gasteiger partial charge in [-0.2, -0.15) is 0 Å². The van der Waals surface area contributed by atoms with Gasteiger partial charge in [0.1, 0.15) is 0 Å². The smallest absolute Gasteiger partial charge is 0.224 e. The maximum absolute atomic E-state index is 13.3. The Kier molecular flexibility index (Phi) is 1.89. The van der Waals surface area contributed by atoms with Gasteiger partial charge in [-0.25, -0.2) is 17.2 Å². The normalized spacial score (nSPS) is 22.7. The standard InChI is InChI=1S/C9H8F2O2S/c10-9(11)5-6-14(12,13)8-4-2-1-3-7(8)9/h1-4H,5-6H2. The molecule has 0 aromatic heterocycles. The number of sulfone groups is 1. The monoisotopic (exact) mass is 218 g/mol. The lowest BCUT2D eigenvalue weighted by molar-refractivity contribution is -0.0127. The Balaban J connectivity index is 2.74. The summed E-state index contributed by atoms with van der Waals surface area (Å²) in [6.45, 7) is 0. The molecular weight excluding hydrogens is 210 g/mol. The highest BCUT2D eigenvalue weighted by Gasteiger charge is 2.42. The summed E-state index contributed by atoms with van der Waals surface area (Å²) in [5.41, 5.74) is -0.369. The highest BCUT2D eigenvalue weighted by molar-refractivity contribution is 7.91. The first-order valence-electron chi connectivity index (χ1n) is 4.14. The molecule has 0 unspecified atom stereocenters. The van der Waals surface area contributed by atoms with Gasteiger partial charge in [0.05, 0.1) is 10.6 Å². The van der Waals surface area contributed by atoms with Gasteiger partial charge < -0.3 is 0 Å². The Bertz CT molecular complexity index is 465. The lowest BCUT2D eigenvalue weighted by Gasteiger charge is -2.24. The highest BCUT2D eigenvalue weighted by Crippen LogP contribution is 2.40. The van der Waals surface area contributed by atoms with E-state index in [4.69, 9.17) is 0 Å². The van der Waals surface area contributed by atoms with E-state index in [-0.39, 0.29) is 10.5 Å². The second-order valence-electron chi connectivity index (χ2n) is 3.27. The zero-order valence-corrected chi connectivity index (χ0v) is 8.02. The van der Waals surface area contributed by atoms with Crippen LogP contribution in [0, 0.1) is 0 Å². The zero-order chi connectivity index (χ0) is 10.4. The number of halogens is 2. The molecule has 0 amide bonds. The van der Waals surface area contributed by atoms with Crippen molar-refractivity contribution in [3.8, 4) is 0 Å². The summed E-state index contributed by atoms with van der Waals surface area (Å²) in [7, 11) is -3.49. The van der Waals surface area contributed by atoms with Crippen LogP contribution in [0.15, 0.2) is 29.2 Å². The number of fused-ring (bicyclic) bond motifs is 1. The first kappa shape index (κ1) is 9.58. The third kappa shape index (κ3) is 1.32. The van der Waals surface area contributed by atoms with Crippen molar-refractivity contribution in [3.63, 3.8) is 0 Å². The Hall–Kier alpha value is -0.970. The van der Waals surface area contributed by atoms with Crippen molar-refractivity contribution < 1.29 is 17.2 Å². The summed E-state index contributed by atoms with van der Waals surface area (Å²) in [4.78, 5) is -0.226. The molecule has 5 heteroatoms. The second-order valence-corrected chi connectivity index (χ2v) is 5.35. The molecule has 1 aromatic carbocycles. The molecule has 2 rings (SSSR count). The summed E-state index contributed by atoms with van der Waals surface area (Å²) in [5.74, 6) is -3.49. The van der Waals surface area contributed by atoms with Gasteiger partial charge in [0.2, 0.25) is 0 Å². The first-order chi connectivity index (χ1) is 6.43. The fourth-order valence-electron chi connectivity index (χ4n) is 1.55. The average molecular weight is 218 g/mol. The van der Waals surface area contributed by atoms with Crippen molar-refractivity contribution in [1.82, 2.24) is 0 Å². The summed E-state index contributed by atoms with van der Waals surface area (Å²) < 4.78 is 49.4. The van der Waals surface area contributed by atoms with Crippen LogP contribution < -0.4 is 0 Å². The van der Waals surface area contributed by atoms with Crippen LogP contribution in [0.5, 0.6) is 0 Å². The molecule has 0 radical (unpaired) electrons. The average Bonchev–Trinajstić information content (AvgIpc) is 2.14. The second kappa shape index (κ2) is 2.76. The van der Waals surface area contributed by atoms with E-state index in [2.05, 4.69) is 0 Å². The van der Waals surface area contributed by atoms with E-state index in [0.717, 1.165) is 0 Å². The lowest BCUT2D eigenvalue weighted by Crippen LogP contribution is -2.27. The Morgan fingerprint density at radius 1 is 1.21 bits per heavy atom. The van der Waals surface area contributed by atoms with Gasteiger partial charge in [-0.3, -0.25) is 0 Å². The van der Waals surface area contributed by atoms with Gasteiger partial charge in [0.25, 0.3) is 5.92 Å². The molecule has 1 heterocycles. The van der Waals surface area contributed by atoms with Crippen molar-refractivity contribution >= 4 is 9.84 Å². The van der Waals surface area contributed by atoms with Crippen molar-refractivity contribution in [2.24, 2.45) is 0 Å². The number of benzene rings is 1. The van der Waals surface area contributed by atoms with E-state index in [1.165, 1.54) is 24.3 Å². The Morgan fingerprint density at radius 3 is 2.50 bits per heavy atom. The quantitative estimate of drug-likeness (QED) is 0.667. The lowest BCUT2D eigenvalue weighted by atomic mass is 10.1. The molecule has 0 atom stereocenters. The number of alkyl halides is 2. The van der Waals surface area contributed by atoms with Crippen LogP contribution in [-0.2, 0) is 15.8 Å². The summed E-state index contributed by atoms with van der Waals surface area (Å²) in [6.07, 6.45) is -0.619. The number of rotatable bonds is 0. The van der Waals surface area contributed by atoms with Gasteiger partial charge in [0, 0.05) is 12.0 Å². The topological polar surface area (TPSA) is 34.1 Å². The molecule has 0 spiro atoms. The van der Waals surface area contributed by atoms with Crippen LogP contribution in [0.25, 0.3) is 0 Å². The molecule has 0 aliphatic carbocycles. The molecule has 1 aliphatic rings. The van der Waals surface area contributed by atoms with Crippen LogP contribution in [0.1, 0.15) is 12.0 Å². The summed E-state index contributed by atoms with van der Waals surface area (Å²) >= 11 is 0. The van der Waals surface area contributed by atoms with E-state index in [0.29, 0.717) is 0 Å². The minimum absolute atomic E-state index is 0.226. The van der Waals surface area contributed by atoms with E-state index < -0.39 is 27.9 Å². The molecule has 2 nitrogen and oxygen atoms in total. The Morgan fingerprint density at radius 2 is 1.86 bits per heavy atom. The third-order valence-corrected chi connectivity index (χ3v) is 4.07. The maximum atomic E-state index is 13.3. The molecule has 0 saturated carbocycles. The van der Waals surface area contributed by atoms with Gasteiger partial charge in [-0.1, -0.05) is 18.2 Å². The molecule has 76 valence electrons.